The lowest BCUT2D eigenvalue weighted by Gasteiger charge is -2.27. The van der Waals surface area contributed by atoms with E-state index in [4.69, 9.17) is 0 Å². The monoisotopic (exact) mass is 296 g/mol. The van der Waals surface area contributed by atoms with Crippen LogP contribution in [0.5, 0.6) is 0 Å². The van der Waals surface area contributed by atoms with Crippen molar-refractivity contribution in [3.8, 4) is 11.3 Å². The van der Waals surface area contributed by atoms with Gasteiger partial charge in [0, 0.05) is 18.2 Å². The Morgan fingerprint density at radius 2 is 1.77 bits per heavy atom. The van der Waals surface area contributed by atoms with Crippen LogP contribution in [-0.2, 0) is 6.54 Å². The maximum absolute atomic E-state index is 13.0. The molecule has 3 rings (SSSR count). The predicted molar refractivity (Wildman–Crippen MR) is 91.0 cm³/mol. The van der Waals surface area contributed by atoms with E-state index in [9.17, 15) is 4.79 Å². The number of hydrogen-bond donors (Lipinski definition) is 1. The minimum absolute atomic E-state index is 0.169. The Bertz CT molecular complexity index is 670. The van der Waals surface area contributed by atoms with Crippen molar-refractivity contribution in [3.63, 3.8) is 0 Å². The van der Waals surface area contributed by atoms with Crippen molar-refractivity contribution in [2.24, 2.45) is 0 Å². The van der Waals surface area contributed by atoms with Crippen LogP contribution < -0.4 is 10.9 Å². The van der Waals surface area contributed by atoms with Gasteiger partial charge >= 0.3 is 0 Å². The van der Waals surface area contributed by atoms with Gasteiger partial charge in [-0.3, -0.25) is 4.79 Å². The summed E-state index contributed by atoms with van der Waals surface area (Å²) >= 11 is 0. The third-order valence-corrected chi connectivity index (χ3v) is 4.57. The van der Waals surface area contributed by atoms with E-state index in [2.05, 4.69) is 28.1 Å². The molecule has 1 heterocycles. The summed E-state index contributed by atoms with van der Waals surface area (Å²) in [5, 5.41) is 3.10. The maximum Gasteiger partial charge on any atom is 0.255 e. The molecule has 1 fully saturated rings. The van der Waals surface area contributed by atoms with Crippen LogP contribution in [0.3, 0.4) is 0 Å². The smallest absolute Gasteiger partial charge is 0.255 e. The van der Waals surface area contributed by atoms with Crippen LogP contribution in [0.15, 0.2) is 47.3 Å². The Morgan fingerprint density at radius 1 is 1.05 bits per heavy atom. The van der Waals surface area contributed by atoms with Gasteiger partial charge in [0.25, 0.3) is 5.56 Å². The Morgan fingerprint density at radius 3 is 2.45 bits per heavy atom. The molecule has 2 aromatic rings. The van der Waals surface area contributed by atoms with E-state index in [0.717, 1.165) is 29.7 Å². The predicted octanol–water partition coefficient (Wildman–Crippen LogP) is 3.74. The minimum atomic E-state index is 0.169. The number of aromatic nitrogens is 1. The highest BCUT2D eigenvalue weighted by Gasteiger charge is 2.20. The Hall–Kier alpha value is -1.87. The summed E-state index contributed by atoms with van der Waals surface area (Å²) in [6.07, 6.45) is 5.97. The van der Waals surface area contributed by atoms with Gasteiger partial charge in [0.15, 0.2) is 0 Å². The van der Waals surface area contributed by atoms with Crippen molar-refractivity contribution in [3.05, 3.63) is 58.4 Å². The summed E-state index contributed by atoms with van der Waals surface area (Å²) in [7, 11) is 1.88. The van der Waals surface area contributed by atoms with Gasteiger partial charge < -0.3 is 9.88 Å². The molecular formula is C19H24N2O. The van der Waals surface area contributed by atoms with Crippen LogP contribution in [0.2, 0.25) is 0 Å². The molecule has 1 aliphatic carbocycles. The van der Waals surface area contributed by atoms with Crippen molar-refractivity contribution in [2.45, 2.75) is 44.7 Å². The second kappa shape index (κ2) is 6.93. The van der Waals surface area contributed by atoms with Crippen LogP contribution in [0, 0.1) is 0 Å². The van der Waals surface area contributed by atoms with Crippen LogP contribution in [-0.4, -0.2) is 11.6 Å². The molecule has 0 bridgehead atoms. The second-order valence-corrected chi connectivity index (χ2v) is 6.11. The molecule has 1 aromatic carbocycles. The van der Waals surface area contributed by atoms with E-state index >= 15 is 0 Å². The summed E-state index contributed by atoms with van der Waals surface area (Å²) < 4.78 is 2.06. The first-order valence-electron chi connectivity index (χ1n) is 8.25. The van der Waals surface area contributed by atoms with E-state index in [0.29, 0.717) is 12.6 Å². The molecule has 0 radical (unpaired) electrons. The molecule has 1 N–H and O–H groups in total. The van der Waals surface area contributed by atoms with Crippen molar-refractivity contribution in [1.29, 1.82) is 0 Å². The lowest BCUT2D eigenvalue weighted by atomic mass is 9.94. The Kier molecular flexibility index (Phi) is 4.74. The summed E-state index contributed by atoms with van der Waals surface area (Å²) in [6, 6.07) is 14.7. The van der Waals surface area contributed by atoms with Gasteiger partial charge in [0.2, 0.25) is 0 Å². The minimum Gasteiger partial charge on any atom is -0.315 e. The average Bonchev–Trinajstić information content (AvgIpc) is 2.58. The number of benzene rings is 1. The second-order valence-electron chi connectivity index (χ2n) is 6.11. The third-order valence-electron chi connectivity index (χ3n) is 4.57. The van der Waals surface area contributed by atoms with E-state index in [1.54, 1.807) is 0 Å². The highest BCUT2D eigenvalue weighted by molar-refractivity contribution is 5.60. The highest BCUT2D eigenvalue weighted by Crippen LogP contribution is 2.31. The molecule has 3 nitrogen and oxygen atoms in total. The fourth-order valence-electron chi connectivity index (χ4n) is 3.47. The van der Waals surface area contributed by atoms with Crippen LogP contribution in [0.4, 0.5) is 0 Å². The van der Waals surface area contributed by atoms with Gasteiger partial charge in [0.05, 0.1) is 5.69 Å². The highest BCUT2D eigenvalue weighted by atomic mass is 16.1. The number of nitrogens with one attached hydrogen (secondary N) is 1. The van der Waals surface area contributed by atoms with E-state index in [1.807, 2.05) is 31.3 Å². The number of rotatable bonds is 4. The van der Waals surface area contributed by atoms with Gasteiger partial charge in [-0.1, -0.05) is 55.7 Å². The van der Waals surface area contributed by atoms with E-state index in [1.165, 1.54) is 19.3 Å². The molecule has 0 amide bonds. The lowest BCUT2D eigenvalue weighted by Crippen LogP contribution is -2.31. The molecule has 22 heavy (non-hydrogen) atoms. The van der Waals surface area contributed by atoms with Crippen molar-refractivity contribution in [1.82, 2.24) is 9.88 Å². The molecule has 0 unspecified atom stereocenters. The Labute approximate surface area is 132 Å². The van der Waals surface area contributed by atoms with Crippen LogP contribution in [0.1, 0.15) is 43.7 Å². The molecule has 1 aromatic heterocycles. The Balaban J connectivity index is 2.12. The average molecular weight is 296 g/mol. The first kappa shape index (κ1) is 15.0. The molecule has 3 heteroatoms. The fourth-order valence-corrected chi connectivity index (χ4v) is 3.47. The van der Waals surface area contributed by atoms with E-state index in [-0.39, 0.29) is 5.56 Å². The molecule has 1 saturated carbocycles. The van der Waals surface area contributed by atoms with Gasteiger partial charge in [-0.25, -0.2) is 0 Å². The first-order chi connectivity index (χ1) is 10.8. The standard InChI is InChI=1S/C19H24N2O/c1-20-14-16-12-13-18(15-8-4-2-5-9-15)21(19(16)22)17-10-6-3-7-11-17/h2,4-5,8-9,12-13,17,20H,3,6-7,10-11,14H2,1H3. The van der Waals surface area contributed by atoms with Crippen molar-refractivity contribution in [2.75, 3.05) is 7.05 Å². The number of hydrogen-bond acceptors (Lipinski definition) is 2. The molecule has 0 spiro atoms. The molecule has 116 valence electrons. The molecular weight excluding hydrogens is 272 g/mol. The van der Waals surface area contributed by atoms with Gasteiger partial charge in [-0.15, -0.1) is 0 Å². The lowest BCUT2D eigenvalue weighted by molar-refractivity contribution is 0.348. The van der Waals surface area contributed by atoms with Gasteiger partial charge in [-0.05, 0) is 31.5 Å². The summed E-state index contributed by atoms with van der Waals surface area (Å²) in [5.41, 5.74) is 3.20. The zero-order valence-corrected chi connectivity index (χ0v) is 13.2. The largest absolute Gasteiger partial charge is 0.315 e. The number of nitrogens with zero attached hydrogens (tertiary/aromatic N) is 1. The SMILES string of the molecule is CNCc1ccc(-c2ccccc2)n(C2CCCCC2)c1=O. The topological polar surface area (TPSA) is 34.0 Å². The van der Waals surface area contributed by atoms with Crippen molar-refractivity contribution >= 4 is 0 Å². The molecule has 0 aliphatic heterocycles. The third kappa shape index (κ3) is 3.00. The molecule has 0 saturated heterocycles. The summed E-state index contributed by atoms with van der Waals surface area (Å²) in [5.74, 6) is 0. The zero-order valence-electron chi connectivity index (χ0n) is 13.2. The summed E-state index contributed by atoms with van der Waals surface area (Å²) in [4.78, 5) is 13.0. The van der Waals surface area contributed by atoms with Crippen molar-refractivity contribution < 1.29 is 0 Å². The summed E-state index contributed by atoms with van der Waals surface area (Å²) in [6.45, 7) is 0.626. The molecule has 1 aliphatic rings. The maximum atomic E-state index is 13.0. The molecule has 0 atom stereocenters. The first-order valence-corrected chi connectivity index (χ1v) is 8.25. The number of pyridine rings is 1. The van der Waals surface area contributed by atoms with E-state index < -0.39 is 0 Å². The zero-order chi connectivity index (χ0) is 15.4. The van der Waals surface area contributed by atoms with Gasteiger partial charge in [0.1, 0.15) is 0 Å². The quantitative estimate of drug-likeness (QED) is 0.932. The van der Waals surface area contributed by atoms with Gasteiger partial charge in [-0.2, -0.15) is 0 Å². The normalized spacial score (nSPS) is 15.9. The fraction of sp³-hybridized carbons (Fsp3) is 0.421. The van der Waals surface area contributed by atoms with Crippen LogP contribution in [0.25, 0.3) is 11.3 Å². The van der Waals surface area contributed by atoms with Crippen LogP contribution >= 0.6 is 0 Å².